The predicted octanol–water partition coefficient (Wildman–Crippen LogP) is 4.72. The molecule has 0 saturated carbocycles. The molecule has 3 aromatic rings. The lowest BCUT2D eigenvalue weighted by Gasteiger charge is -2.25. The fourth-order valence-electron chi connectivity index (χ4n) is 2.96. The van der Waals surface area contributed by atoms with E-state index in [9.17, 15) is 22.0 Å². The number of hydrogen-bond acceptors (Lipinski definition) is 3. The number of nitrogens with one attached hydrogen (secondary N) is 1. The van der Waals surface area contributed by atoms with E-state index in [2.05, 4.69) is 5.32 Å². The molecule has 1 amide bonds. The van der Waals surface area contributed by atoms with Gasteiger partial charge in [0.2, 0.25) is 5.91 Å². The average molecular weight is 445 g/mol. The largest absolute Gasteiger partial charge is 0.320 e. The van der Waals surface area contributed by atoms with Crippen molar-refractivity contribution in [2.24, 2.45) is 0 Å². The van der Waals surface area contributed by atoms with Crippen LogP contribution in [0, 0.1) is 32.4 Å². The van der Waals surface area contributed by atoms with E-state index in [0.29, 0.717) is 0 Å². The topological polar surface area (TPSA) is 66.5 Å². The maximum atomic E-state index is 13.9. The lowest BCUT2D eigenvalue weighted by molar-refractivity contribution is -0.114. The molecule has 162 valence electrons. The highest BCUT2D eigenvalue weighted by molar-refractivity contribution is 7.92. The lowest BCUT2D eigenvalue weighted by atomic mass is 10.1. The number of amides is 1. The zero-order valence-corrected chi connectivity index (χ0v) is 18.1. The summed E-state index contributed by atoms with van der Waals surface area (Å²) < 4.78 is 55.5. The van der Waals surface area contributed by atoms with Crippen molar-refractivity contribution >= 4 is 27.3 Å². The number of hydrogen-bond donors (Lipinski definition) is 1. The number of rotatable bonds is 6. The molecule has 5 nitrogen and oxygen atoms in total. The SMILES string of the molecule is Cc1ccc(S(=O)(=O)N(CC(=O)Nc2c(F)cccc2F)c2ccc(C)c(C)c2)cc1. The van der Waals surface area contributed by atoms with Gasteiger partial charge in [-0.05, 0) is 68.3 Å². The Morgan fingerprint density at radius 3 is 2.10 bits per heavy atom. The Bertz CT molecular complexity index is 1210. The molecule has 0 aliphatic rings. The molecule has 0 heterocycles. The van der Waals surface area contributed by atoms with Crippen LogP contribution in [-0.4, -0.2) is 20.9 Å². The van der Waals surface area contributed by atoms with Crippen molar-refractivity contribution in [3.8, 4) is 0 Å². The standard InChI is InChI=1S/C23H22F2N2O3S/c1-15-7-11-19(12-8-15)31(29,30)27(18-10-9-16(2)17(3)13-18)14-22(28)26-23-20(24)5-4-6-21(23)25/h4-13H,14H2,1-3H3,(H,26,28). The second kappa shape index (κ2) is 8.85. The summed E-state index contributed by atoms with van der Waals surface area (Å²) >= 11 is 0. The van der Waals surface area contributed by atoms with Crippen molar-refractivity contribution in [2.45, 2.75) is 25.7 Å². The van der Waals surface area contributed by atoms with Gasteiger partial charge in [-0.1, -0.05) is 29.8 Å². The Labute approximate surface area is 180 Å². The molecule has 0 saturated heterocycles. The molecule has 0 fully saturated rings. The number of carbonyl (C=O) groups excluding carboxylic acids is 1. The summed E-state index contributed by atoms with van der Waals surface area (Å²) in [5.41, 5.74) is 2.31. The fraction of sp³-hybridized carbons (Fsp3) is 0.174. The summed E-state index contributed by atoms with van der Waals surface area (Å²) in [5.74, 6) is -2.78. The Morgan fingerprint density at radius 2 is 1.52 bits per heavy atom. The first kappa shape index (κ1) is 22.4. The van der Waals surface area contributed by atoms with Gasteiger partial charge in [-0.25, -0.2) is 17.2 Å². The summed E-state index contributed by atoms with van der Waals surface area (Å²) in [5, 5.41) is 2.14. The Morgan fingerprint density at radius 1 is 0.903 bits per heavy atom. The van der Waals surface area contributed by atoms with Crippen LogP contribution in [0.2, 0.25) is 0 Å². The third-order valence-electron chi connectivity index (χ3n) is 4.90. The van der Waals surface area contributed by atoms with Crippen LogP contribution in [-0.2, 0) is 14.8 Å². The predicted molar refractivity (Wildman–Crippen MR) is 117 cm³/mol. The minimum absolute atomic E-state index is 0.00111. The Hall–Kier alpha value is -3.26. The van der Waals surface area contributed by atoms with Gasteiger partial charge in [-0.15, -0.1) is 0 Å². The van der Waals surface area contributed by atoms with Crippen LogP contribution in [0.5, 0.6) is 0 Å². The summed E-state index contributed by atoms with van der Waals surface area (Å²) in [6, 6.07) is 14.4. The number of para-hydroxylation sites is 1. The van der Waals surface area contributed by atoms with Crippen LogP contribution in [0.1, 0.15) is 16.7 Å². The maximum Gasteiger partial charge on any atom is 0.264 e. The zero-order chi connectivity index (χ0) is 22.8. The average Bonchev–Trinajstić information content (AvgIpc) is 2.71. The van der Waals surface area contributed by atoms with E-state index < -0.39 is 39.8 Å². The third kappa shape index (κ3) is 4.91. The molecule has 0 bridgehead atoms. The van der Waals surface area contributed by atoms with E-state index in [1.807, 2.05) is 20.8 Å². The summed E-state index contributed by atoms with van der Waals surface area (Å²) in [7, 11) is -4.12. The van der Waals surface area contributed by atoms with Gasteiger partial charge in [0.25, 0.3) is 10.0 Å². The van der Waals surface area contributed by atoms with Crippen molar-refractivity contribution in [1.29, 1.82) is 0 Å². The Balaban J connectivity index is 2.00. The smallest absolute Gasteiger partial charge is 0.264 e. The molecule has 3 aromatic carbocycles. The number of aryl methyl sites for hydroxylation is 3. The van der Waals surface area contributed by atoms with Gasteiger partial charge in [-0.3, -0.25) is 9.10 Å². The van der Waals surface area contributed by atoms with Gasteiger partial charge in [-0.2, -0.15) is 0 Å². The van der Waals surface area contributed by atoms with E-state index in [4.69, 9.17) is 0 Å². The van der Waals surface area contributed by atoms with Crippen molar-refractivity contribution in [3.63, 3.8) is 0 Å². The van der Waals surface area contributed by atoms with Gasteiger partial charge in [0.15, 0.2) is 0 Å². The van der Waals surface area contributed by atoms with E-state index in [1.165, 1.54) is 18.2 Å². The summed E-state index contributed by atoms with van der Waals surface area (Å²) in [6.07, 6.45) is 0. The molecule has 31 heavy (non-hydrogen) atoms. The second-order valence-corrected chi connectivity index (χ2v) is 9.10. The van der Waals surface area contributed by atoms with Crippen molar-refractivity contribution in [2.75, 3.05) is 16.2 Å². The summed E-state index contributed by atoms with van der Waals surface area (Å²) in [4.78, 5) is 12.6. The molecule has 3 rings (SSSR count). The number of nitrogens with zero attached hydrogens (tertiary/aromatic N) is 1. The molecule has 0 aliphatic heterocycles. The molecule has 0 radical (unpaired) electrons. The van der Waals surface area contributed by atoms with E-state index in [0.717, 1.165) is 33.1 Å². The summed E-state index contributed by atoms with van der Waals surface area (Å²) in [6.45, 7) is 4.87. The molecule has 0 aromatic heterocycles. The maximum absolute atomic E-state index is 13.9. The highest BCUT2D eigenvalue weighted by atomic mass is 32.2. The number of halogens is 2. The molecular formula is C23H22F2N2O3S. The second-order valence-electron chi connectivity index (χ2n) is 7.24. The number of sulfonamides is 1. The molecule has 1 N–H and O–H groups in total. The minimum Gasteiger partial charge on any atom is -0.320 e. The molecular weight excluding hydrogens is 422 g/mol. The zero-order valence-electron chi connectivity index (χ0n) is 17.3. The van der Waals surface area contributed by atoms with Gasteiger partial charge >= 0.3 is 0 Å². The highest BCUT2D eigenvalue weighted by Crippen LogP contribution is 2.26. The van der Waals surface area contributed by atoms with Gasteiger partial charge < -0.3 is 5.32 Å². The van der Waals surface area contributed by atoms with Crippen LogP contribution >= 0.6 is 0 Å². The monoisotopic (exact) mass is 444 g/mol. The number of carbonyl (C=O) groups is 1. The highest BCUT2D eigenvalue weighted by Gasteiger charge is 2.28. The minimum atomic E-state index is -4.12. The third-order valence-corrected chi connectivity index (χ3v) is 6.69. The fourth-order valence-corrected chi connectivity index (χ4v) is 4.37. The van der Waals surface area contributed by atoms with E-state index in [-0.39, 0.29) is 10.6 Å². The molecule has 0 unspecified atom stereocenters. The quantitative estimate of drug-likeness (QED) is 0.598. The van der Waals surface area contributed by atoms with Crippen LogP contribution in [0.25, 0.3) is 0 Å². The number of benzene rings is 3. The van der Waals surface area contributed by atoms with E-state index in [1.54, 1.807) is 30.3 Å². The number of anilines is 2. The van der Waals surface area contributed by atoms with Gasteiger partial charge in [0.1, 0.15) is 23.9 Å². The first-order valence-corrected chi connectivity index (χ1v) is 10.9. The van der Waals surface area contributed by atoms with Crippen molar-refractivity contribution in [3.05, 3.63) is 89.0 Å². The normalized spacial score (nSPS) is 11.3. The molecule has 8 heteroatoms. The first-order valence-electron chi connectivity index (χ1n) is 9.50. The molecule has 0 atom stereocenters. The molecule has 0 spiro atoms. The van der Waals surface area contributed by atoms with Crippen molar-refractivity contribution < 1.29 is 22.0 Å². The lowest BCUT2D eigenvalue weighted by Crippen LogP contribution is -2.38. The van der Waals surface area contributed by atoms with Crippen LogP contribution in [0.4, 0.5) is 20.2 Å². The van der Waals surface area contributed by atoms with Crippen molar-refractivity contribution in [1.82, 2.24) is 0 Å². The Kier molecular flexibility index (Phi) is 6.40. The van der Waals surface area contributed by atoms with Crippen LogP contribution < -0.4 is 9.62 Å². The van der Waals surface area contributed by atoms with E-state index >= 15 is 0 Å². The first-order chi connectivity index (χ1) is 14.6. The van der Waals surface area contributed by atoms with Crippen LogP contribution in [0.3, 0.4) is 0 Å². The van der Waals surface area contributed by atoms with Gasteiger partial charge in [0, 0.05) is 0 Å². The van der Waals surface area contributed by atoms with Crippen LogP contribution in [0.15, 0.2) is 65.6 Å². The molecule has 0 aliphatic carbocycles. The van der Waals surface area contributed by atoms with Gasteiger partial charge in [0.05, 0.1) is 10.6 Å².